The van der Waals surface area contributed by atoms with Gasteiger partial charge in [0.1, 0.15) is 0 Å². The zero-order valence-corrected chi connectivity index (χ0v) is 9.11. The molecule has 3 heteroatoms. The Morgan fingerprint density at radius 1 is 1.60 bits per heavy atom. The molecule has 0 fully saturated rings. The number of hydrogen-bond donors (Lipinski definition) is 1. The fourth-order valence-corrected chi connectivity index (χ4v) is 1.51. The number of carboxylic acids is 1. The first-order valence-corrected chi connectivity index (χ1v) is 5.33. The molecule has 0 spiro atoms. The number of hydrogen-bond acceptors (Lipinski definition) is 2. The van der Waals surface area contributed by atoms with Crippen molar-refractivity contribution in [2.24, 2.45) is 5.92 Å². The SMILES string of the molecule is CC(COCC1=CCCC=C1)CC(=O)O. The van der Waals surface area contributed by atoms with E-state index in [1.165, 1.54) is 5.57 Å². The second kappa shape index (κ2) is 6.40. The van der Waals surface area contributed by atoms with Crippen molar-refractivity contribution in [2.45, 2.75) is 26.2 Å². The summed E-state index contributed by atoms with van der Waals surface area (Å²) in [6.07, 6.45) is 8.75. The summed E-state index contributed by atoms with van der Waals surface area (Å²) in [6, 6.07) is 0. The lowest BCUT2D eigenvalue weighted by Crippen LogP contribution is -2.12. The van der Waals surface area contributed by atoms with Gasteiger partial charge in [-0.15, -0.1) is 0 Å². The minimum atomic E-state index is -0.761. The molecule has 0 bridgehead atoms. The van der Waals surface area contributed by atoms with E-state index in [0.717, 1.165) is 12.8 Å². The molecule has 1 unspecified atom stereocenters. The largest absolute Gasteiger partial charge is 0.481 e. The minimum absolute atomic E-state index is 0.0793. The normalized spacial score (nSPS) is 17.3. The first-order valence-electron chi connectivity index (χ1n) is 5.33. The zero-order valence-electron chi connectivity index (χ0n) is 9.11. The quantitative estimate of drug-likeness (QED) is 0.732. The molecule has 0 aromatic heterocycles. The van der Waals surface area contributed by atoms with Gasteiger partial charge in [-0.2, -0.15) is 0 Å². The third-order valence-corrected chi connectivity index (χ3v) is 2.27. The molecule has 1 N–H and O–H groups in total. The average Bonchev–Trinajstić information content (AvgIpc) is 2.18. The number of aliphatic carboxylic acids is 1. The standard InChI is InChI=1S/C12H18O3/c1-10(7-12(13)14)8-15-9-11-5-3-2-4-6-11/h3,5-6,10H,2,4,7-9H2,1H3,(H,13,14). The van der Waals surface area contributed by atoms with Crippen molar-refractivity contribution in [2.75, 3.05) is 13.2 Å². The highest BCUT2D eigenvalue weighted by Crippen LogP contribution is 2.10. The van der Waals surface area contributed by atoms with Gasteiger partial charge in [-0.3, -0.25) is 4.79 Å². The van der Waals surface area contributed by atoms with Crippen LogP contribution in [0.5, 0.6) is 0 Å². The van der Waals surface area contributed by atoms with Crippen LogP contribution in [0.2, 0.25) is 0 Å². The summed E-state index contributed by atoms with van der Waals surface area (Å²) >= 11 is 0. The first-order chi connectivity index (χ1) is 7.18. The van der Waals surface area contributed by atoms with Crippen LogP contribution in [0.3, 0.4) is 0 Å². The second-order valence-corrected chi connectivity index (χ2v) is 3.98. The molecule has 84 valence electrons. The van der Waals surface area contributed by atoms with E-state index in [-0.39, 0.29) is 12.3 Å². The fraction of sp³-hybridized carbons (Fsp3) is 0.583. The van der Waals surface area contributed by atoms with Gasteiger partial charge in [0.25, 0.3) is 0 Å². The molecule has 0 saturated carbocycles. The van der Waals surface area contributed by atoms with E-state index in [4.69, 9.17) is 9.84 Å². The number of rotatable bonds is 6. The summed E-state index contributed by atoms with van der Waals surface area (Å²) in [4.78, 5) is 10.4. The van der Waals surface area contributed by atoms with E-state index < -0.39 is 5.97 Å². The first kappa shape index (κ1) is 12.0. The lowest BCUT2D eigenvalue weighted by molar-refractivity contribution is -0.138. The van der Waals surface area contributed by atoms with Gasteiger partial charge in [0.15, 0.2) is 0 Å². The van der Waals surface area contributed by atoms with Crippen molar-refractivity contribution >= 4 is 5.97 Å². The van der Waals surface area contributed by atoms with Crippen LogP contribution in [0.1, 0.15) is 26.2 Å². The summed E-state index contributed by atoms with van der Waals surface area (Å²) < 4.78 is 5.45. The van der Waals surface area contributed by atoms with Crippen LogP contribution >= 0.6 is 0 Å². The van der Waals surface area contributed by atoms with Crippen LogP contribution < -0.4 is 0 Å². The van der Waals surface area contributed by atoms with Gasteiger partial charge >= 0.3 is 5.97 Å². The smallest absolute Gasteiger partial charge is 0.303 e. The van der Waals surface area contributed by atoms with Gasteiger partial charge in [-0.25, -0.2) is 0 Å². The van der Waals surface area contributed by atoms with Crippen molar-refractivity contribution in [3.63, 3.8) is 0 Å². The average molecular weight is 210 g/mol. The fourth-order valence-electron chi connectivity index (χ4n) is 1.51. The molecule has 3 nitrogen and oxygen atoms in total. The lowest BCUT2D eigenvalue weighted by Gasteiger charge is -2.11. The van der Waals surface area contributed by atoms with Gasteiger partial charge in [0.2, 0.25) is 0 Å². The minimum Gasteiger partial charge on any atom is -0.481 e. The summed E-state index contributed by atoms with van der Waals surface area (Å²) in [6.45, 7) is 3.00. The van der Waals surface area contributed by atoms with E-state index in [1.807, 2.05) is 6.92 Å². The number of allylic oxidation sites excluding steroid dienone is 2. The van der Waals surface area contributed by atoms with Crippen LogP contribution in [0, 0.1) is 5.92 Å². The van der Waals surface area contributed by atoms with E-state index in [9.17, 15) is 4.79 Å². The summed E-state index contributed by atoms with van der Waals surface area (Å²) in [5, 5.41) is 8.55. The Kier molecular flexibility index (Phi) is 5.12. The highest BCUT2D eigenvalue weighted by molar-refractivity contribution is 5.66. The summed E-state index contributed by atoms with van der Waals surface area (Å²) in [7, 11) is 0. The maximum absolute atomic E-state index is 10.4. The Morgan fingerprint density at radius 2 is 2.40 bits per heavy atom. The zero-order chi connectivity index (χ0) is 11.1. The topological polar surface area (TPSA) is 46.5 Å². The predicted molar refractivity (Wildman–Crippen MR) is 58.7 cm³/mol. The molecule has 1 aliphatic rings. The van der Waals surface area contributed by atoms with Crippen LogP contribution in [-0.4, -0.2) is 24.3 Å². The van der Waals surface area contributed by atoms with Gasteiger partial charge in [-0.1, -0.05) is 25.2 Å². The third kappa shape index (κ3) is 5.37. The van der Waals surface area contributed by atoms with Crippen molar-refractivity contribution in [3.05, 3.63) is 23.8 Å². The van der Waals surface area contributed by atoms with E-state index in [1.54, 1.807) is 0 Å². The van der Waals surface area contributed by atoms with Crippen molar-refractivity contribution in [3.8, 4) is 0 Å². The Bertz CT molecular complexity index is 266. The molecule has 1 rings (SSSR count). The molecule has 0 heterocycles. The molecule has 15 heavy (non-hydrogen) atoms. The highest BCUT2D eigenvalue weighted by Gasteiger charge is 2.07. The Hall–Kier alpha value is -1.09. The molecule has 1 atom stereocenters. The van der Waals surface area contributed by atoms with E-state index in [2.05, 4.69) is 18.2 Å². The molecular formula is C12H18O3. The van der Waals surface area contributed by atoms with Gasteiger partial charge < -0.3 is 9.84 Å². The maximum atomic E-state index is 10.4. The number of carboxylic acid groups (broad SMARTS) is 1. The van der Waals surface area contributed by atoms with Gasteiger partial charge in [-0.05, 0) is 24.3 Å². The highest BCUT2D eigenvalue weighted by atomic mass is 16.5. The van der Waals surface area contributed by atoms with Gasteiger partial charge in [0.05, 0.1) is 19.6 Å². The number of ether oxygens (including phenoxy) is 1. The predicted octanol–water partition coefficient (Wildman–Crippen LogP) is 2.39. The van der Waals surface area contributed by atoms with Crippen LogP contribution in [0.4, 0.5) is 0 Å². The molecule has 0 saturated heterocycles. The van der Waals surface area contributed by atoms with E-state index >= 15 is 0 Å². The molecular weight excluding hydrogens is 192 g/mol. The maximum Gasteiger partial charge on any atom is 0.303 e. The number of carbonyl (C=O) groups is 1. The summed E-state index contributed by atoms with van der Waals surface area (Å²) in [5.74, 6) is -0.682. The molecule has 0 amide bonds. The Morgan fingerprint density at radius 3 is 3.00 bits per heavy atom. The van der Waals surface area contributed by atoms with Crippen LogP contribution in [0.25, 0.3) is 0 Å². The third-order valence-electron chi connectivity index (χ3n) is 2.27. The molecule has 0 aromatic rings. The monoisotopic (exact) mass is 210 g/mol. The van der Waals surface area contributed by atoms with Crippen molar-refractivity contribution in [1.29, 1.82) is 0 Å². The Balaban J connectivity index is 2.13. The van der Waals surface area contributed by atoms with Crippen LogP contribution in [-0.2, 0) is 9.53 Å². The van der Waals surface area contributed by atoms with E-state index in [0.29, 0.717) is 13.2 Å². The lowest BCUT2D eigenvalue weighted by atomic mass is 10.1. The Labute approximate surface area is 90.4 Å². The van der Waals surface area contributed by atoms with Crippen molar-refractivity contribution < 1.29 is 14.6 Å². The summed E-state index contributed by atoms with van der Waals surface area (Å²) in [5.41, 5.74) is 1.20. The molecule has 1 aliphatic carbocycles. The van der Waals surface area contributed by atoms with Crippen LogP contribution in [0.15, 0.2) is 23.8 Å². The molecule has 0 radical (unpaired) electrons. The van der Waals surface area contributed by atoms with Crippen molar-refractivity contribution in [1.82, 2.24) is 0 Å². The van der Waals surface area contributed by atoms with Gasteiger partial charge in [0, 0.05) is 0 Å². The molecule has 0 aromatic carbocycles. The molecule has 0 aliphatic heterocycles. The second-order valence-electron chi connectivity index (χ2n) is 3.98.